The summed E-state index contributed by atoms with van der Waals surface area (Å²) in [5.41, 5.74) is 5.95. The lowest BCUT2D eigenvalue weighted by Gasteiger charge is -2.35. The molecule has 0 radical (unpaired) electrons. The second kappa shape index (κ2) is 2.98. The molecule has 2 aliphatic rings. The second-order valence-corrected chi connectivity index (χ2v) is 4.13. The van der Waals surface area contributed by atoms with Gasteiger partial charge in [0, 0.05) is 25.2 Å². The van der Waals surface area contributed by atoms with Crippen LogP contribution in [0.25, 0.3) is 0 Å². The van der Waals surface area contributed by atoms with Crippen molar-refractivity contribution in [1.29, 1.82) is 0 Å². The zero-order valence-electron chi connectivity index (χ0n) is 7.86. The first-order valence-corrected chi connectivity index (χ1v) is 4.72. The van der Waals surface area contributed by atoms with Crippen molar-refractivity contribution in [2.75, 3.05) is 14.2 Å². The summed E-state index contributed by atoms with van der Waals surface area (Å²) >= 11 is 0. The molecular weight excluding hydrogens is 152 g/mol. The van der Waals surface area contributed by atoms with Crippen LogP contribution in [0, 0.1) is 0 Å². The van der Waals surface area contributed by atoms with Gasteiger partial charge >= 0.3 is 0 Å². The van der Waals surface area contributed by atoms with Crippen molar-refractivity contribution >= 4 is 0 Å². The predicted molar refractivity (Wildman–Crippen MR) is 48.0 cm³/mol. The molecule has 3 nitrogen and oxygen atoms in total. The van der Waals surface area contributed by atoms with E-state index in [2.05, 4.69) is 11.9 Å². The maximum absolute atomic E-state index is 5.95. The molecule has 0 aliphatic carbocycles. The van der Waals surface area contributed by atoms with E-state index in [0.29, 0.717) is 24.2 Å². The Hall–Kier alpha value is -0.120. The van der Waals surface area contributed by atoms with E-state index in [9.17, 15) is 0 Å². The molecule has 70 valence electrons. The summed E-state index contributed by atoms with van der Waals surface area (Å²) in [6.45, 7) is 0. The molecular formula is C9H18N2O. The van der Waals surface area contributed by atoms with Crippen LogP contribution in [0.15, 0.2) is 0 Å². The molecule has 0 saturated carbocycles. The molecule has 12 heavy (non-hydrogen) atoms. The molecule has 2 bridgehead atoms. The highest BCUT2D eigenvalue weighted by molar-refractivity contribution is 5.00. The van der Waals surface area contributed by atoms with Gasteiger partial charge in [0.2, 0.25) is 0 Å². The molecule has 2 saturated heterocycles. The van der Waals surface area contributed by atoms with Gasteiger partial charge in [0.05, 0.1) is 6.10 Å². The molecule has 2 heterocycles. The van der Waals surface area contributed by atoms with Crippen LogP contribution < -0.4 is 5.73 Å². The summed E-state index contributed by atoms with van der Waals surface area (Å²) in [7, 11) is 4.00. The van der Waals surface area contributed by atoms with E-state index in [4.69, 9.17) is 10.5 Å². The Bertz CT molecular complexity index is 174. The number of likely N-dealkylation sites (N-methyl/N-ethyl adjacent to an activating group) is 1. The summed E-state index contributed by atoms with van der Waals surface area (Å²) in [5.74, 6) is 0. The summed E-state index contributed by atoms with van der Waals surface area (Å²) in [6.07, 6.45) is 3.84. The van der Waals surface area contributed by atoms with Gasteiger partial charge < -0.3 is 10.5 Å². The summed E-state index contributed by atoms with van der Waals surface area (Å²) in [5, 5.41) is 0. The standard InChI is InChI=1S/C9H18N2O/c1-11-7-3-6(10)4-8(11)9(5-7)12-2/h6-9H,3-5,10H2,1-2H3/t6-,7+,8-,9+/m1/s1. The first-order chi connectivity index (χ1) is 5.72. The molecule has 0 aromatic carbocycles. The topological polar surface area (TPSA) is 38.5 Å². The fourth-order valence-electron chi connectivity index (χ4n) is 2.71. The normalized spacial score (nSPS) is 48.2. The lowest BCUT2D eigenvalue weighted by molar-refractivity contribution is 0.0574. The number of hydrogen-bond acceptors (Lipinski definition) is 3. The van der Waals surface area contributed by atoms with Crippen molar-refractivity contribution in [2.45, 2.75) is 43.5 Å². The van der Waals surface area contributed by atoms with Gasteiger partial charge in [-0.15, -0.1) is 0 Å². The minimum Gasteiger partial charge on any atom is -0.380 e. The Morgan fingerprint density at radius 2 is 2.08 bits per heavy atom. The van der Waals surface area contributed by atoms with Crippen LogP contribution in [0.2, 0.25) is 0 Å². The van der Waals surface area contributed by atoms with Gasteiger partial charge in [-0.3, -0.25) is 4.90 Å². The van der Waals surface area contributed by atoms with Crippen LogP contribution in [-0.2, 0) is 4.74 Å². The third-order valence-corrected chi connectivity index (χ3v) is 3.45. The van der Waals surface area contributed by atoms with Crippen molar-refractivity contribution in [2.24, 2.45) is 5.73 Å². The van der Waals surface area contributed by atoms with Crippen molar-refractivity contribution in [3.8, 4) is 0 Å². The SMILES string of the molecule is CO[C@H]1C[C@@H]2C[C@@H](N)C[C@H]1N2C. The van der Waals surface area contributed by atoms with Crippen LogP contribution >= 0.6 is 0 Å². The van der Waals surface area contributed by atoms with Crippen LogP contribution in [-0.4, -0.2) is 43.3 Å². The Labute approximate surface area is 73.9 Å². The highest BCUT2D eigenvalue weighted by atomic mass is 16.5. The van der Waals surface area contributed by atoms with Gasteiger partial charge in [-0.05, 0) is 26.3 Å². The fraction of sp³-hybridized carbons (Fsp3) is 1.00. The van der Waals surface area contributed by atoms with Gasteiger partial charge in [-0.1, -0.05) is 0 Å². The van der Waals surface area contributed by atoms with Gasteiger partial charge in [0.25, 0.3) is 0 Å². The smallest absolute Gasteiger partial charge is 0.0741 e. The van der Waals surface area contributed by atoms with Crippen molar-refractivity contribution < 1.29 is 4.74 Å². The molecule has 0 aromatic rings. The van der Waals surface area contributed by atoms with Gasteiger partial charge in [0.1, 0.15) is 0 Å². The molecule has 2 N–H and O–H groups in total. The molecule has 0 spiro atoms. The number of methoxy groups -OCH3 is 1. The summed E-state index contributed by atoms with van der Waals surface area (Å²) in [6, 6.07) is 1.64. The van der Waals surface area contributed by atoms with E-state index >= 15 is 0 Å². The van der Waals surface area contributed by atoms with E-state index in [-0.39, 0.29) is 0 Å². The van der Waals surface area contributed by atoms with Crippen LogP contribution in [0.4, 0.5) is 0 Å². The average molecular weight is 170 g/mol. The zero-order chi connectivity index (χ0) is 8.72. The Morgan fingerprint density at radius 1 is 1.33 bits per heavy atom. The van der Waals surface area contributed by atoms with Crippen molar-refractivity contribution in [1.82, 2.24) is 4.90 Å². The predicted octanol–water partition coefficient (Wildman–Crippen LogP) is 0.195. The van der Waals surface area contributed by atoms with E-state index < -0.39 is 0 Å². The third-order valence-electron chi connectivity index (χ3n) is 3.45. The molecule has 2 aliphatic heterocycles. The lowest BCUT2D eigenvalue weighted by atomic mass is 9.99. The monoisotopic (exact) mass is 170 g/mol. The van der Waals surface area contributed by atoms with E-state index in [1.54, 1.807) is 0 Å². The maximum atomic E-state index is 5.95. The van der Waals surface area contributed by atoms with E-state index in [1.807, 2.05) is 7.11 Å². The number of fused-ring (bicyclic) bond motifs is 2. The minimum atomic E-state index is 0.399. The zero-order valence-corrected chi connectivity index (χ0v) is 7.86. The average Bonchev–Trinajstić information content (AvgIpc) is 2.27. The first kappa shape index (κ1) is 8.48. The number of nitrogens with two attached hydrogens (primary N) is 1. The number of rotatable bonds is 1. The molecule has 2 rings (SSSR count). The summed E-state index contributed by atoms with van der Waals surface area (Å²) in [4.78, 5) is 2.44. The fourth-order valence-corrected chi connectivity index (χ4v) is 2.71. The quantitative estimate of drug-likeness (QED) is 0.611. The van der Waals surface area contributed by atoms with Crippen molar-refractivity contribution in [3.05, 3.63) is 0 Å². The minimum absolute atomic E-state index is 0.399. The van der Waals surface area contributed by atoms with E-state index in [0.717, 1.165) is 12.8 Å². The van der Waals surface area contributed by atoms with Gasteiger partial charge in [-0.2, -0.15) is 0 Å². The maximum Gasteiger partial charge on any atom is 0.0741 e. The number of ether oxygens (including phenoxy) is 1. The molecule has 2 fully saturated rings. The molecule has 0 aromatic heterocycles. The first-order valence-electron chi connectivity index (χ1n) is 4.72. The molecule has 3 heteroatoms. The number of nitrogens with zero attached hydrogens (tertiary/aromatic N) is 1. The lowest BCUT2D eigenvalue weighted by Crippen LogP contribution is -2.47. The second-order valence-electron chi connectivity index (χ2n) is 4.13. The molecule has 0 unspecified atom stereocenters. The van der Waals surface area contributed by atoms with Gasteiger partial charge in [-0.25, -0.2) is 0 Å². The van der Waals surface area contributed by atoms with E-state index in [1.165, 1.54) is 6.42 Å². The third kappa shape index (κ3) is 1.16. The van der Waals surface area contributed by atoms with Crippen molar-refractivity contribution in [3.63, 3.8) is 0 Å². The highest BCUT2D eigenvalue weighted by Gasteiger charge is 2.43. The van der Waals surface area contributed by atoms with Crippen LogP contribution in [0.3, 0.4) is 0 Å². The largest absolute Gasteiger partial charge is 0.380 e. The summed E-state index contributed by atoms with van der Waals surface area (Å²) < 4.78 is 5.45. The van der Waals surface area contributed by atoms with Crippen LogP contribution in [0.5, 0.6) is 0 Å². The molecule has 4 atom stereocenters. The Balaban J connectivity index is 2.11. The number of hydrogen-bond donors (Lipinski definition) is 1. The highest BCUT2D eigenvalue weighted by Crippen LogP contribution is 2.35. The molecule has 0 amide bonds. The number of piperidine rings is 1. The van der Waals surface area contributed by atoms with Gasteiger partial charge in [0.15, 0.2) is 0 Å². The Kier molecular flexibility index (Phi) is 2.10. The van der Waals surface area contributed by atoms with Crippen LogP contribution in [0.1, 0.15) is 19.3 Å². The Morgan fingerprint density at radius 3 is 2.75 bits per heavy atom.